The summed E-state index contributed by atoms with van der Waals surface area (Å²) in [5, 5.41) is 5.85. The van der Waals surface area contributed by atoms with E-state index in [0.717, 1.165) is 0 Å². The molecule has 0 fully saturated rings. The molecule has 0 aliphatic rings. The van der Waals surface area contributed by atoms with Gasteiger partial charge >= 0.3 is 5.97 Å². The Morgan fingerprint density at radius 3 is 2.30 bits per heavy atom. The first kappa shape index (κ1) is 18.1. The Bertz CT molecular complexity index is 964. The van der Waals surface area contributed by atoms with Gasteiger partial charge in [-0.05, 0) is 31.2 Å². The van der Waals surface area contributed by atoms with Crippen molar-refractivity contribution in [1.82, 2.24) is 9.97 Å². The summed E-state index contributed by atoms with van der Waals surface area (Å²) < 4.78 is 18.9. The molecule has 0 radical (unpaired) electrons. The number of hydrogen-bond acceptors (Lipinski definition) is 7. The molecule has 0 saturated heterocycles. The van der Waals surface area contributed by atoms with Crippen molar-refractivity contribution < 1.29 is 13.9 Å². The molecule has 0 aliphatic heterocycles. The number of carbonyl (C=O) groups excluding carboxylic acids is 1. The predicted octanol–water partition coefficient (Wildman–Crippen LogP) is 3.86. The van der Waals surface area contributed by atoms with Crippen LogP contribution >= 0.6 is 0 Å². The fourth-order valence-corrected chi connectivity index (χ4v) is 2.39. The molecule has 0 saturated carbocycles. The van der Waals surface area contributed by atoms with Crippen LogP contribution in [0, 0.1) is 5.82 Å². The molecule has 0 atom stereocenters. The van der Waals surface area contributed by atoms with Gasteiger partial charge in [-0.2, -0.15) is 0 Å². The lowest BCUT2D eigenvalue weighted by Crippen LogP contribution is -2.10. The van der Waals surface area contributed by atoms with Crippen LogP contribution in [0.3, 0.4) is 0 Å². The maximum atomic E-state index is 13.9. The Labute approximate surface area is 155 Å². The average molecular weight is 367 g/mol. The Kier molecular flexibility index (Phi) is 5.46. The molecule has 0 unspecified atom stereocenters. The van der Waals surface area contributed by atoms with Gasteiger partial charge < -0.3 is 21.1 Å². The zero-order valence-electron chi connectivity index (χ0n) is 14.6. The minimum Gasteiger partial charge on any atom is -0.462 e. The summed E-state index contributed by atoms with van der Waals surface area (Å²) in [6.45, 7) is 2.00. The van der Waals surface area contributed by atoms with Crippen molar-refractivity contribution in [2.75, 3.05) is 23.0 Å². The molecular formula is C19H18FN5O2. The largest absolute Gasteiger partial charge is 0.462 e. The Hall–Kier alpha value is -3.68. The number of nitrogens with zero attached hydrogens (tertiary/aromatic N) is 2. The highest BCUT2D eigenvalue weighted by Gasteiger charge is 2.15. The number of carbonyl (C=O) groups is 1. The van der Waals surface area contributed by atoms with Crippen molar-refractivity contribution >= 4 is 34.7 Å². The molecule has 3 aromatic rings. The second-order valence-corrected chi connectivity index (χ2v) is 5.48. The normalized spacial score (nSPS) is 10.3. The van der Waals surface area contributed by atoms with Crippen LogP contribution in [0.4, 0.5) is 33.1 Å². The van der Waals surface area contributed by atoms with E-state index in [4.69, 9.17) is 10.5 Å². The van der Waals surface area contributed by atoms with Gasteiger partial charge in [0, 0.05) is 0 Å². The third-order valence-corrected chi connectivity index (χ3v) is 3.69. The summed E-state index contributed by atoms with van der Waals surface area (Å²) in [5.41, 5.74) is 7.37. The van der Waals surface area contributed by atoms with Crippen molar-refractivity contribution in [3.63, 3.8) is 0 Å². The molecule has 2 aromatic carbocycles. The highest BCUT2D eigenvalue weighted by molar-refractivity contribution is 5.97. The summed E-state index contributed by atoms with van der Waals surface area (Å²) in [6.07, 6.45) is 1.29. The first-order valence-corrected chi connectivity index (χ1v) is 8.25. The van der Waals surface area contributed by atoms with Crippen LogP contribution in [0.2, 0.25) is 0 Å². The van der Waals surface area contributed by atoms with E-state index in [-0.39, 0.29) is 29.6 Å². The van der Waals surface area contributed by atoms with Gasteiger partial charge in [-0.15, -0.1) is 0 Å². The van der Waals surface area contributed by atoms with Crippen molar-refractivity contribution in [2.24, 2.45) is 0 Å². The summed E-state index contributed by atoms with van der Waals surface area (Å²) in [5.74, 6) is -0.373. The minimum atomic E-state index is -0.460. The van der Waals surface area contributed by atoms with Gasteiger partial charge in [0.15, 0.2) is 11.6 Å². The summed E-state index contributed by atoms with van der Waals surface area (Å²) >= 11 is 0. The number of rotatable bonds is 6. The van der Waals surface area contributed by atoms with E-state index >= 15 is 0 Å². The van der Waals surface area contributed by atoms with E-state index in [0.29, 0.717) is 11.3 Å². The molecule has 0 spiro atoms. The van der Waals surface area contributed by atoms with Gasteiger partial charge in [-0.25, -0.2) is 19.2 Å². The number of para-hydroxylation sites is 2. The first-order valence-electron chi connectivity index (χ1n) is 8.25. The van der Waals surface area contributed by atoms with Crippen molar-refractivity contribution in [2.45, 2.75) is 6.92 Å². The maximum Gasteiger partial charge on any atom is 0.340 e. The average Bonchev–Trinajstić information content (AvgIpc) is 2.67. The van der Waals surface area contributed by atoms with E-state index in [2.05, 4.69) is 20.6 Å². The monoisotopic (exact) mass is 367 g/mol. The van der Waals surface area contributed by atoms with Crippen LogP contribution in [-0.4, -0.2) is 22.5 Å². The fourth-order valence-electron chi connectivity index (χ4n) is 2.39. The minimum absolute atomic E-state index is 0.180. The molecule has 0 amide bonds. The van der Waals surface area contributed by atoms with Crippen molar-refractivity contribution in [1.29, 1.82) is 0 Å². The number of hydrogen-bond donors (Lipinski definition) is 3. The van der Waals surface area contributed by atoms with E-state index < -0.39 is 11.8 Å². The van der Waals surface area contributed by atoms with E-state index in [9.17, 15) is 9.18 Å². The SMILES string of the molecule is CCOC(=O)c1ccccc1Nc1ncnc(Nc2ccccc2F)c1N. The van der Waals surface area contributed by atoms with Gasteiger partial charge in [0.1, 0.15) is 17.8 Å². The second-order valence-electron chi connectivity index (χ2n) is 5.48. The Balaban J connectivity index is 1.89. The molecule has 1 heterocycles. The highest BCUT2D eigenvalue weighted by atomic mass is 19.1. The van der Waals surface area contributed by atoms with Gasteiger partial charge in [0.25, 0.3) is 0 Å². The lowest BCUT2D eigenvalue weighted by Gasteiger charge is -2.14. The number of nitrogens with one attached hydrogen (secondary N) is 2. The first-order chi connectivity index (χ1) is 13.1. The highest BCUT2D eigenvalue weighted by Crippen LogP contribution is 2.30. The van der Waals surface area contributed by atoms with Gasteiger partial charge in [0.05, 0.1) is 23.5 Å². The predicted molar refractivity (Wildman–Crippen MR) is 102 cm³/mol. The van der Waals surface area contributed by atoms with E-state index in [1.165, 1.54) is 12.4 Å². The summed E-state index contributed by atoms with van der Waals surface area (Å²) in [6, 6.07) is 13.0. The summed E-state index contributed by atoms with van der Waals surface area (Å²) in [4.78, 5) is 20.3. The maximum absolute atomic E-state index is 13.9. The fraction of sp³-hybridized carbons (Fsp3) is 0.105. The third-order valence-electron chi connectivity index (χ3n) is 3.69. The van der Waals surface area contributed by atoms with Crippen molar-refractivity contribution in [3.05, 3.63) is 66.2 Å². The Morgan fingerprint density at radius 1 is 1.04 bits per heavy atom. The zero-order chi connectivity index (χ0) is 19.2. The molecule has 3 rings (SSSR count). The number of anilines is 5. The van der Waals surface area contributed by atoms with Crippen LogP contribution in [-0.2, 0) is 4.74 Å². The zero-order valence-corrected chi connectivity index (χ0v) is 14.6. The standard InChI is InChI=1S/C19H18FN5O2/c1-2-27-19(26)12-7-3-5-9-14(12)24-17-16(21)18(23-11-22-17)25-15-10-6-4-8-13(15)20/h3-11H,2,21H2,1H3,(H2,22,23,24,25). The number of halogens is 1. The number of nitrogen functional groups attached to an aromatic ring is 1. The van der Waals surface area contributed by atoms with Crippen LogP contribution in [0.15, 0.2) is 54.9 Å². The van der Waals surface area contributed by atoms with Crippen LogP contribution in [0.5, 0.6) is 0 Å². The smallest absolute Gasteiger partial charge is 0.340 e. The van der Waals surface area contributed by atoms with Crippen LogP contribution in [0.1, 0.15) is 17.3 Å². The third kappa shape index (κ3) is 4.12. The van der Waals surface area contributed by atoms with Crippen LogP contribution in [0.25, 0.3) is 0 Å². The number of benzene rings is 2. The molecule has 1 aromatic heterocycles. The molecule has 4 N–H and O–H groups in total. The quantitative estimate of drug-likeness (QED) is 0.569. The molecule has 0 aliphatic carbocycles. The molecule has 27 heavy (non-hydrogen) atoms. The molecule has 8 heteroatoms. The van der Waals surface area contributed by atoms with Gasteiger partial charge in [-0.1, -0.05) is 24.3 Å². The van der Waals surface area contributed by atoms with Gasteiger partial charge in [0.2, 0.25) is 0 Å². The molecule has 138 valence electrons. The number of ether oxygens (including phenoxy) is 1. The molecular weight excluding hydrogens is 349 g/mol. The summed E-state index contributed by atoms with van der Waals surface area (Å²) in [7, 11) is 0. The molecule has 0 bridgehead atoms. The van der Waals surface area contributed by atoms with E-state index in [1.807, 2.05) is 0 Å². The number of aromatic nitrogens is 2. The van der Waals surface area contributed by atoms with Crippen molar-refractivity contribution in [3.8, 4) is 0 Å². The molecule has 7 nitrogen and oxygen atoms in total. The Morgan fingerprint density at radius 2 is 1.63 bits per heavy atom. The van der Waals surface area contributed by atoms with E-state index in [1.54, 1.807) is 49.4 Å². The van der Waals surface area contributed by atoms with Gasteiger partial charge in [-0.3, -0.25) is 0 Å². The van der Waals surface area contributed by atoms with Crippen LogP contribution < -0.4 is 16.4 Å². The lowest BCUT2D eigenvalue weighted by atomic mass is 10.2. The second kappa shape index (κ2) is 8.13. The number of esters is 1. The topological polar surface area (TPSA) is 102 Å². The lowest BCUT2D eigenvalue weighted by molar-refractivity contribution is 0.0527. The number of nitrogens with two attached hydrogens (primary N) is 1.